The Balaban J connectivity index is 1.88. The van der Waals surface area contributed by atoms with E-state index in [2.05, 4.69) is 41.6 Å². The van der Waals surface area contributed by atoms with Gasteiger partial charge in [-0.3, -0.25) is 4.68 Å². The zero-order valence-corrected chi connectivity index (χ0v) is 11.8. The van der Waals surface area contributed by atoms with Gasteiger partial charge >= 0.3 is 0 Å². The van der Waals surface area contributed by atoms with Crippen LogP contribution in [0.25, 0.3) is 0 Å². The van der Waals surface area contributed by atoms with Gasteiger partial charge in [0.05, 0.1) is 12.8 Å². The second-order valence-electron chi connectivity index (χ2n) is 4.74. The maximum absolute atomic E-state index is 5.14. The lowest BCUT2D eigenvalue weighted by atomic mass is 10.1. The molecule has 0 unspecified atom stereocenters. The maximum atomic E-state index is 5.14. The number of hydrogen-bond donors (Lipinski definition) is 1. The summed E-state index contributed by atoms with van der Waals surface area (Å²) in [7, 11) is 3.68. The van der Waals surface area contributed by atoms with Gasteiger partial charge in [-0.1, -0.05) is 24.3 Å². The molecule has 102 valence electrons. The summed E-state index contributed by atoms with van der Waals surface area (Å²) in [5.41, 5.74) is 4.94. The first-order chi connectivity index (χ1) is 9.20. The molecule has 0 aliphatic heterocycles. The number of ether oxygens (including phenoxy) is 1. The molecule has 0 bridgehead atoms. The number of nitrogens with zero attached hydrogens (tertiary/aromatic N) is 2. The highest BCUT2D eigenvalue weighted by Gasteiger charge is 2.03. The van der Waals surface area contributed by atoms with E-state index in [0.29, 0.717) is 6.61 Å². The van der Waals surface area contributed by atoms with Gasteiger partial charge in [-0.15, -0.1) is 0 Å². The molecule has 1 N–H and O–H groups in total. The number of benzene rings is 1. The SMILES string of the molecule is COCc1cccc(CNCc2cnn(C)c2C)c1. The molecule has 0 aliphatic carbocycles. The van der Waals surface area contributed by atoms with Crippen molar-refractivity contribution < 1.29 is 4.74 Å². The van der Waals surface area contributed by atoms with Crippen LogP contribution in [0, 0.1) is 6.92 Å². The number of aromatic nitrogens is 2. The second-order valence-corrected chi connectivity index (χ2v) is 4.74. The summed E-state index contributed by atoms with van der Waals surface area (Å²) >= 11 is 0. The number of nitrogens with one attached hydrogen (secondary N) is 1. The molecule has 0 radical (unpaired) electrons. The van der Waals surface area contributed by atoms with Gasteiger partial charge in [0.15, 0.2) is 0 Å². The Morgan fingerprint density at radius 3 is 2.74 bits per heavy atom. The molecule has 0 aliphatic rings. The minimum Gasteiger partial charge on any atom is -0.380 e. The van der Waals surface area contributed by atoms with E-state index in [4.69, 9.17) is 4.74 Å². The van der Waals surface area contributed by atoms with Crippen LogP contribution in [0.4, 0.5) is 0 Å². The van der Waals surface area contributed by atoms with Crippen LogP contribution >= 0.6 is 0 Å². The van der Waals surface area contributed by atoms with Crippen LogP contribution in [0.15, 0.2) is 30.5 Å². The summed E-state index contributed by atoms with van der Waals surface area (Å²) in [6.45, 7) is 4.44. The molecule has 1 aromatic heterocycles. The zero-order chi connectivity index (χ0) is 13.7. The normalized spacial score (nSPS) is 10.9. The third-order valence-corrected chi connectivity index (χ3v) is 3.28. The molecule has 0 saturated carbocycles. The van der Waals surface area contributed by atoms with Gasteiger partial charge in [-0.05, 0) is 18.1 Å². The number of aryl methyl sites for hydroxylation is 1. The lowest BCUT2D eigenvalue weighted by Gasteiger charge is -2.07. The van der Waals surface area contributed by atoms with Crippen LogP contribution in [0.3, 0.4) is 0 Å². The standard InChI is InChI=1S/C15H21N3O/c1-12-15(10-17-18(12)2)9-16-8-13-5-4-6-14(7-13)11-19-3/h4-7,10,16H,8-9,11H2,1-3H3. The van der Waals surface area contributed by atoms with E-state index in [1.807, 2.05) is 17.9 Å². The fraction of sp³-hybridized carbons (Fsp3) is 0.400. The zero-order valence-electron chi connectivity index (χ0n) is 11.8. The molecule has 1 aromatic carbocycles. The average Bonchev–Trinajstić information content (AvgIpc) is 2.72. The van der Waals surface area contributed by atoms with E-state index in [1.165, 1.54) is 22.4 Å². The molecule has 19 heavy (non-hydrogen) atoms. The second kappa shape index (κ2) is 6.50. The van der Waals surface area contributed by atoms with E-state index >= 15 is 0 Å². The van der Waals surface area contributed by atoms with E-state index in [9.17, 15) is 0 Å². The van der Waals surface area contributed by atoms with E-state index in [-0.39, 0.29) is 0 Å². The molecule has 0 fully saturated rings. The highest BCUT2D eigenvalue weighted by atomic mass is 16.5. The van der Waals surface area contributed by atoms with Crippen LogP contribution in [0.1, 0.15) is 22.4 Å². The Kier molecular flexibility index (Phi) is 4.71. The van der Waals surface area contributed by atoms with Crippen molar-refractivity contribution in [1.29, 1.82) is 0 Å². The third kappa shape index (κ3) is 3.66. The first-order valence-corrected chi connectivity index (χ1v) is 6.45. The molecule has 0 amide bonds. The lowest BCUT2D eigenvalue weighted by molar-refractivity contribution is 0.185. The van der Waals surface area contributed by atoms with Gasteiger partial charge in [-0.25, -0.2) is 0 Å². The molecule has 4 nitrogen and oxygen atoms in total. The third-order valence-electron chi connectivity index (χ3n) is 3.28. The Bertz CT molecular complexity index is 534. The van der Waals surface area contributed by atoms with E-state index < -0.39 is 0 Å². The van der Waals surface area contributed by atoms with Gasteiger partial charge in [0.25, 0.3) is 0 Å². The summed E-state index contributed by atoms with van der Waals surface area (Å²) in [6.07, 6.45) is 1.92. The number of rotatable bonds is 6. The Morgan fingerprint density at radius 1 is 1.26 bits per heavy atom. The molecule has 0 spiro atoms. The molecule has 2 rings (SSSR count). The van der Waals surface area contributed by atoms with Crippen molar-refractivity contribution in [3.05, 3.63) is 52.8 Å². The predicted molar refractivity (Wildman–Crippen MR) is 75.6 cm³/mol. The average molecular weight is 259 g/mol. The highest BCUT2D eigenvalue weighted by Crippen LogP contribution is 2.08. The van der Waals surface area contributed by atoms with Gasteiger partial charge < -0.3 is 10.1 Å². The number of methoxy groups -OCH3 is 1. The van der Waals surface area contributed by atoms with Crippen LogP contribution in [0.2, 0.25) is 0 Å². The van der Waals surface area contributed by atoms with Gasteiger partial charge in [-0.2, -0.15) is 5.10 Å². The van der Waals surface area contributed by atoms with Crippen molar-refractivity contribution in [3.63, 3.8) is 0 Å². The molecule has 4 heteroatoms. The van der Waals surface area contributed by atoms with Crippen molar-refractivity contribution in [2.24, 2.45) is 7.05 Å². The Morgan fingerprint density at radius 2 is 2.05 bits per heavy atom. The van der Waals surface area contributed by atoms with Gasteiger partial charge in [0.2, 0.25) is 0 Å². The fourth-order valence-electron chi connectivity index (χ4n) is 2.06. The first-order valence-electron chi connectivity index (χ1n) is 6.45. The van der Waals surface area contributed by atoms with Crippen molar-refractivity contribution in [1.82, 2.24) is 15.1 Å². The molecular weight excluding hydrogens is 238 g/mol. The topological polar surface area (TPSA) is 39.1 Å². The molecular formula is C15H21N3O. The summed E-state index contributed by atoms with van der Waals surface area (Å²) in [6, 6.07) is 8.45. The van der Waals surface area contributed by atoms with Gasteiger partial charge in [0.1, 0.15) is 0 Å². The largest absolute Gasteiger partial charge is 0.380 e. The smallest absolute Gasteiger partial charge is 0.0713 e. The molecule has 0 atom stereocenters. The highest BCUT2D eigenvalue weighted by molar-refractivity contribution is 5.23. The summed E-state index contributed by atoms with van der Waals surface area (Å²) in [5.74, 6) is 0. The molecule has 2 aromatic rings. The Hall–Kier alpha value is -1.65. The van der Waals surface area contributed by atoms with Crippen LogP contribution in [-0.4, -0.2) is 16.9 Å². The fourth-order valence-corrected chi connectivity index (χ4v) is 2.06. The maximum Gasteiger partial charge on any atom is 0.0713 e. The number of hydrogen-bond acceptors (Lipinski definition) is 3. The van der Waals surface area contributed by atoms with Crippen molar-refractivity contribution >= 4 is 0 Å². The quantitative estimate of drug-likeness (QED) is 0.864. The summed E-state index contributed by atoms with van der Waals surface area (Å²) < 4.78 is 7.04. The van der Waals surface area contributed by atoms with Crippen molar-refractivity contribution in [2.75, 3.05) is 7.11 Å². The minimum atomic E-state index is 0.662. The Labute approximate surface area is 114 Å². The van der Waals surface area contributed by atoms with Crippen molar-refractivity contribution in [2.45, 2.75) is 26.6 Å². The predicted octanol–water partition coefficient (Wildman–Crippen LogP) is 2.16. The summed E-state index contributed by atoms with van der Waals surface area (Å²) in [4.78, 5) is 0. The summed E-state index contributed by atoms with van der Waals surface area (Å²) in [5, 5.41) is 7.69. The first kappa shape index (κ1) is 13.8. The monoisotopic (exact) mass is 259 g/mol. The van der Waals surface area contributed by atoms with Gasteiger partial charge in [0, 0.05) is 38.5 Å². The van der Waals surface area contributed by atoms with Crippen LogP contribution in [-0.2, 0) is 31.5 Å². The lowest BCUT2D eigenvalue weighted by Crippen LogP contribution is -2.13. The van der Waals surface area contributed by atoms with Crippen LogP contribution in [0.5, 0.6) is 0 Å². The molecule has 0 saturated heterocycles. The van der Waals surface area contributed by atoms with E-state index in [1.54, 1.807) is 7.11 Å². The molecule has 1 heterocycles. The van der Waals surface area contributed by atoms with Crippen molar-refractivity contribution in [3.8, 4) is 0 Å². The van der Waals surface area contributed by atoms with Crippen LogP contribution < -0.4 is 5.32 Å². The van der Waals surface area contributed by atoms with E-state index in [0.717, 1.165) is 13.1 Å². The minimum absolute atomic E-state index is 0.662.